The lowest BCUT2D eigenvalue weighted by Gasteiger charge is -2.38. The Bertz CT molecular complexity index is 888. The predicted molar refractivity (Wildman–Crippen MR) is 109 cm³/mol. The van der Waals surface area contributed by atoms with Crippen molar-refractivity contribution in [1.29, 1.82) is 0 Å². The zero-order valence-electron chi connectivity index (χ0n) is 15.4. The minimum atomic E-state index is 0.0437. The molecule has 1 aliphatic heterocycles. The summed E-state index contributed by atoms with van der Waals surface area (Å²) >= 11 is 12.8. The van der Waals surface area contributed by atoms with Gasteiger partial charge in [0.2, 0.25) is 5.75 Å². The van der Waals surface area contributed by atoms with Crippen molar-refractivity contribution in [3.63, 3.8) is 0 Å². The quantitative estimate of drug-likeness (QED) is 0.647. The second-order valence-corrected chi connectivity index (χ2v) is 7.54. The SMILES string of the molecule is COc1cc([C@H]2Nc3c(ccc(Cl)c3Cl)[C@@H]3C=CC[C@@H]23)cc(OC)c1OC. The van der Waals surface area contributed by atoms with Crippen LogP contribution in [0, 0.1) is 5.92 Å². The second-order valence-electron chi connectivity index (χ2n) is 6.76. The molecule has 0 radical (unpaired) electrons. The number of ether oxygens (including phenoxy) is 3. The molecular formula is C21H21Cl2NO3. The van der Waals surface area contributed by atoms with Gasteiger partial charge in [0.1, 0.15) is 0 Å². The summed E-state index contributed by atoms with van der Waals surface area (Å²) in [6, 6.07) is 7.97. The van der Waals surface area contributed by atoms with Gasteiger partial charge in [0.25, 0.3) is 0 Å². The van der Waals surface area contributed by atoms with Crippen molar-refractivity contribution in [3.8, 4) is 17.2 Å². The molecule has 0 fully saturated rings. The van der Waals surface area contributed by atoms with E-state index in [1.165, 1.54) is 5.56 Å². The van der Waals surface area contributed by atoms with Crippen LogP contribution in [0.5, 0.6) is 17.2 Å². The molecule has 4 nitrogen and oxygen atoms in total. The number of allylic oxidation sites excluding steroid dienone is 2. The first-order valence-corrected chi connectivity index (χ1v) is 9.55. The van der Waals surface area contributed by atoms with Gasteiger partial charge in [0.05, 0.1) is 43.1 Å². The van der Waals surface area contributed by atoms with Crippen LogP contribution < -0.4 is 19.5 Å². The largest absolute Gasteiger partial charge is 0.493 e. The molecule has 2 aliphatic rings. The Morgan fingerprint density at radius 3 is 2.33 bits per heavy atom. The Hall–Kier alpha value is -2.04. The molecule has 0 bridgehead atoms. The maximum Gasteiger partial charge on any atom is 0.203 e. The van der Waals surface area contributed by atoms with Crippen LogP contribution in [0.25, 0.3) is 0 Å². The molecule has 1 heterocycles. The summed E-state index contributed by atoms with van der Waals surface area (Å²) in [7, 11) is 4.86. The smallest absolute Gasteiger partial charge is 0.203 e. The van der Waals surface area contributed by atoms with Crippen molar-refractivity contribution in [3.05, 3.63) is 57.6 Å². The summed E-state index contributed by atoms with van der Waals surface area (Å²) in [6.07, 6.45) is 5.48. The zero-order chi connectivity index (χ0) is 19.1. The minimum Gasteiger partial charge on any atom is -0.493 e. The monoisotopic (exact) mass is 405 g/mol. The van der Waals surface area contributed by atoms with Gasteiger partial charge in [-0.1, -0.05) is 41.4 Å². The van der Waals surface area contributed by atoms with Crippen LogP contribution in [0.15, 0.2) is 36.4 Å². The van der Waals surface area contributed by atoms with Gasteiger partial charge in [-0.2, -0.15) is 0 Å². The summed E-state index contributed by atoms with van der Waals surface area (Å²) in [6.45, 7) is 0. The van der Waals surface area contributed by atoms with Crippen molar-refractivity contribution >= 4 is 28.9 Å². The highest BCUT2D eigenvalue weighted by molar-refractivity contribution is 6.43. The van der Waals surface area contributed by atoms with Gasteiger partial charge < -0.3 is 19.5 Å². The summed E-state index contributed by atoms with van der Waals surface area (Å²) in [5.74, 6) is 2.53. The van der Waals surface area contributed by atoms with E-state index in [0.717, 1.165) is 17.7 Å². The van der Waals surface area contributed by atoms with E-state index in [1.807, 2.05) is 18.2 Å². The number of nitrogens with one attached hydrogen (secondary N) is 1. The third kappa shape index (κ3) is 2.91. The highest BCUT2D eigenvalue weighted by atomic mass is 35.5. The molecular weight excluding hydrogens is 385 g/mol. The number of hydrogen-bond donors (Lipinski definition) is 1. The van der Waals surface area contributed by atoms with E-state index in [-0.39, 0.29) is 6.04 Å². The lowest BCUT2D eigenvalue weighted by Crippen LogP contribution is -2.29. The fraction of sp³-hybridized carbons (Fsp3) is 0.333. The number of benzene rings is 2. The normalized spacial score (nSPS) is 22.6. The molecule has 27 heavy (non-hydrogen) atoms. The molecule has 1 aliphatic carbocycles. The van der Waals surface area contributed by atoms with E-state index in [0.29, 0.717) is 39.1 Å². The van der Waals surface area contributed by atoms with Gasteiger partial charge in [-0.3, -0.25) is 0 Å². The van der Waals surface area contributed by atoms with Crippen molar-refractivity contribution in [2.45, 2.75) is 18.4 Å². The molecule has 3 atom stereocenters. The van der Waals surface area contributed by atoms with Crippen LogP contribution >= 0.6 is 23.2 Å². The lowest BCUT2D eigenvalue weighted by atomic mass is 9.77. The Morgan fingerprint density at radius 2 is 1.70 bits per heavy atom. The molecule has 0 saturated carbocycles. The molecule has 0 spiro atoms. The number of hydrogen-bond acceptors (Lipinski definition) is 4. The molecule has 4 rings (SSSR count). The number of halogens is 2. The van der Waals surface area contributed by atoms with Crippen molar-refractivity contribution in [1.82, 2.24) is 0 Å². The molecule has 142 valence electrons. The number of anilines is 1. The molecule has 2 aromatic rings. The first-order valence-electron chi connectivity index (χ1n) is 8.80. The van der Waals surface area contributed by atoms with Crippen LogP contribution in [-0.2, 0) is 0 Å². The van der Waals surface area contributed by atoms with Crippen LogP contribution in [0.1, 0.15) is 29.5 Å². The number of rotatable bonds is 4. The van der Waals surface area contributed by atoms with E-state index in [1.54, 1.807) is 21.3 Å². The second kappa shape index (κ2) is 7.17. The fourth-order valence-electron chi connectivity index (χ4n) is 4.21. The maximum absolute atomic E-state index is 6.53. The Kier molecular flexibility index (Phi) is 4.87. The van der Waals surface area contributed by atoms with Crippen molar-refractivity contribution in [2.24, 2.45) is 5.92 Å². The highest BCUT2D eigenvalue weighted by Crippen LogP contribution is 2.53. The van der Waals surface area contributed by atoms with Gasteiger partial charge in [-0.05, 0) is 41.7 Å². The van der Waals surface area contributed by atoms with Crippen molar-refractivity contribution in [2.75, 3.05) is 26.6 Å². The average Bonchev–Trinajstić information content (AvgIpc) is 3.18. The van der Waals surface area contributed by atoms with Crippen LogP contribution in [-0.4, -0.2) is 21.3 Å². The first-order chi connectivity index (χ1) is 13.1. The third-order valence-corrected chi connectivity index (χ3v) is 6.28. The maximum atomic E-state index is 6.53. The summed E-state index contributed by atoms with van der Waals surface area (Å²) < 4.78 is 16.5. The molecule has 0 amide bonds. The van der Waals surface area contributed by atoms with Gasteiger partial charge in [0, 0.05) is 5.92 Å². The fourth-order valence-corrected chi connectivity index (χ4v) is 4.60. The molecule has 6 heteroatoms. The average molecular weight is 406 g/mol. The van der Waals surface area contributed by atoms with E-state index in [9.17, 15) is 0 Å². The van der Waals surface area contributed by atoms with Crippen LogP contribution in [0.3, 0.4) is 0 Å². The first kappa shape index (κ1) is 18.3. The summed E-state index contributed by atoms with van der Waals surface area (Å²) in [5.41, 5.74) is 3.15. The van der Waals surface area contributed by atoms with Gasteiger partial charge in [0.15, 0.2) is 11.5 Å². The Morgan fingerprint density at radius 1 is 1.00 bits per heavy atom. The number of methoxy groups -OCH3 is 3. The van der Waals surface area contributed by atoms with E-state index < -0.39 is 0 Å². The van der Waals surface area contributed by atoms with Crippen molar-refractivity contribution < 1.29 is 14.2 Å². The number of fused-ring (bicyclic) bond motifs is 3. The molecule has 0 aromatic heterocycles. The molecule has 0 saturated heterocycles. The summed E-state index contributed by atoms with van der Waals surface area (Å²) in [4.78, 5) is 0. The van der Waals surface area contributed by atoms with E-state index in [2.05, 4.69) is 23.5 Å². The lowest BCUT2D eigenvalue weighted by molar-refractivity contribution is 0.322. The Labute approximate surface area is 169 Å². The molecule has 2 aromatic carbocycles. The third-order valence-electron chi connectivity index (χ3n) is 5.47. The highest BCUT2D eigenvalue weighted by Gasteiger charge is 2.39. The van der Waals surface area contributed by atoms with Gasteiger partial charge in [-0.25, -0.2) is 0 Å². The van der Waals surface area contributed by atoms with Gasteiger partial charge in [-0.15, -0.1) is 0 Å². The van der Waals surface area contributed by atoms with Gasteiger partial charge >= 0.3 is 0 Å². The molecule has 1 N–H and O–H groups in total. The van der Waals surface area contributed by atoms with E-state index in [4.69, 9.17) is 37.4 Å². The molecule has 0 unspecified atom stereocenters. The standard InChI is InChI=1S/C21H21Cl2NO3/c1-25-16-9-11(10-17(26-2)21(16)27-3)19-13-6-4-5-12(13)14-7-8-15(22)18(23)20(14)24-19/h4-5,7-10,12-13,19,24H,6H2,1-3H3/t12-,13-,19-/m1/s1. The van der Waals surface area contributed by atoms with E-state index >= 15 is 0 Å². The predicted octanol–water partition coefficient (Wildman–Crippen LogP) is 5.85. The zero-order valence-corrected chi connectivity index (χ0v) is 16.9. The summed E-state index contributed by atoms with van der Waals surface area (Å²) in [5, 5.41) is 4.73. The van der Waals surface area contributed by atoms with Crippen LogP contribution in [0.4, 0.5) is 5.69 Å². The van der Waals surface area contributed by atoms with Crippen LogP contribution in [0.2, 0.25) is 10.0 Å². The minimum absolute atomic E-state index is 0.0437. The Balaban J connectivity index is 1.84. The topological polar surface area (TPSA) is 39.7 Å².